The Bertz CT molecular complexity index is 1320. The summed E-state index contributed by atoms with van der Waals surface area (Å²) in [6.45, 7) is 6.47. The molecule has 0 atom stereocenters. The molecular formula is C31H30ClIN2O2. The van der Waals surface area contributed by atoms with Crippen LogP contribution in [0, 0.1) is 17.4 Å². The molecule has 1 heterocycles. The number of benzene rings is 4. The van der Waals surface area contributed by atoms with Crippen LogP contribution in [0.15, 0.2) is 84.9 Å². The summed E-state index contributed by atoms with van der Waals surface area (Å²) in [5, 5.41) is 0.696. The van der Waals surface area contributed by atoms with E-state index in [1.165, 1.54) is 22.5 Å². The van der Waals surface area contributed by atoms with Crippen molar-refractivity contribution in [3.05, 3.63) is 116 Å². The lowest BCUT2D eigenvalue weighted by Crippen LogP contribution is -2.31. The van der Waals surface area contributed by atoms with Crippen molar-refractivity contribution in [3.8, 4) is 11.5 Å². The van der Waals surface area contributed by atoms with Gasteiger partial charge in [-0.15, -0.1) is 0 Å². The maximum absolute atomic E-state index is 6.36. The lowest BCUT2D eigenvalue weighted by atomic mass is 10.1. The van der Waals surface area contributed by atoms with Gasteiger partial charge in [-0.3, -0.25) is 0 Å². The molecule has 1 saturated heterocycles. The third-order valence-electron chi connectivity index (χ3n) is 6.78. The zero-order chi connectivity index (χ0) is 25.9. The van der Waals surface area contributed by atoms with E-state index < -0.39 is 0 Å². The van der Waals surface area contributed by atoms with Crippen LogP contribution in [0.25, 0.3) is 0 Å². The van der Waals surface area contributed by atoms with Gasteiger partial charge in [0, 0.05) is 35.1 Å². The normalized spacial score (nSPS) is 13.8. The zero-order valence-corrected chi connectivity index (χ0v) is 24.2. The fraction of sp³-hybridized carbons (Fsp3) is 0.226. The lowest BCUT2D eigenvalue weighted by molar-refractivity contribution is 0.282. The van der Waals surface area contributed by atoms with Gasteiger partial charge in [-0.25, -0.2) is 0 Å². The van der Waals surface area contributed by atoms with Gasteiger partial charge < -0.3 is 19.3 Å². The smallest absolute Gasteiger partial charge is 0.174 e. The average molecular weight is 625 g/mol. The third kappa shape index (κ3) is 5.53. The molecule has 0 N–H and O–H groups in total. The first kappa shape index (κ1) is 25.7. The second kappa shape index (κ2) is 11.2. The quantitative estimate of drug-likeness (QED) is 0.194. The van der Waals surface area contributed by atoms with Crippen molar-refractivity contribution in [2.75, 3.05) is 30.0 Å². The first-order valence-electron chi connectivity index (χ1n) is 12.3. The van der Waals surface area contributed by atoms with Crippen LogP contribution in [-0.4, -0.2) is 20.2 Å². The highest BCUT2D eigenvalue weighted by Crippen LogP contribution is 2.43. The fourth-order valence-electron chi connectivity index (χ4n) is 4.80. The van der Waals surface area contributed by atoms with E-state index in [1.807, 2.05) is 24.3 Å². The number of rotatable bonds is 7. The summed E-state index contributed by atoms with van der Waals surface area (Å²) < 4.78 is 13.1. The largest absolute Gasteiger partial charge is 0.493 e. The first-order chi connectivity index (χ1) is 17.9. The highest BCUT2D eigenvalue weighted by Gasteiger charge is 2.35. The molecule has 0 spiro atoms. The SMILES string of the molecule is COc1cc(C2N(c3ccc(C)cc3)CCN2c2ccc(C)cc2)cc(I)c1OCc1ccccc1Cl. The summed E-state index contributed by atoms with van der Waals surface area (Å²) in [5.74, 6) is 1.45. The number of nitrogens with zero attached hydrogens (tertiary/aromatic N) is 2. The number of ether oxygens (including phenoxy) is 2. The van der Waals surface area contributed by atoms with Gasteiger partial charge in [-0.2, -0.15) is 0 Å². The molecule has 0 radical (unpaired) electrons. The number of aryl methyl sites for hydroxylation is 2. The minimum Gasteiger partial charge on any atom is -0.493 e. The van der Waals surface area contributed by atoms with Gasteiger partial charge in [-0.05, 0) is 84.5 Å². The van der Waals surface area contributed by atoms with E-state index in [0.29, 0.717) is 17.4 Å². The highest BCUT2D eigenvalue weighted by molar-refractivity contribution is 14.1. The van der Waals surface area contributed by atoms with E-state index in [9.17, 15) is 0 Å². The van der Waals surface area contributed by atoms with E-state index in [2.05, 4.69) is 107 Å². The molecule has 0 bridgehead atoms. The Labute approximate surface area is 237 Å². The minimum absolute atomic E-state index is 0.0189. The van der Waals surface area contributed by atoms with Crippen LogP contribution in [0.1, 0.15) is 28.4 Å². The summed E-state index contributed by atoms with van der Waals surface area (Å²) in [6, 6.07) is 29.6. The molecule has 190 valence electrons. The Balaban J connectivity index is 1.53. The van der Waals surface area contributed by atoms with Crippen LogP contribution in [-0.2, 0) is 6.61 Å². The van der Waals surface area contributed by atoms with Crippen molar-refractivity contribution < 1.29 is 9.47 Å². The van der Waals surface area contributed by atoms with Gasteiger partial charge in [0.2, 0.25) is 0 Å². The molecular weight excluding hydrogens is 595 g/mol. The van der Waals surface area contributed by atoms with Crippen LogP contribution in [0.3, 0.4) is 0 Å². The van der Waals surface area contributed by atoms with E-state index >= 15 is 0 Å². The van der Waals surface area contributed by atoms with Crippen molar-refractivity contribution in [3.63, 3.8) is 0 Å². The standard InChI is InChI=1S/C31H30ClIN2O2/c1-21-8-12-25(13-9-21)34-16-17-35(26-14-10-22(2)11-15-26)31(34)24-18-28(33)30(29(19-24)36-3)37-20-23-6-4-5-7-27(23)32/h4-15,18-19,31H,16-17,20H2,1-3H3. The number of methoxy groups -OCH3 is 1. The Morgan fingerprint density at radius 3 is 1.95 bits per heavy atom. The topological polar surface area (TPSA) is 24.9 Å². The second-order valence-corrected chi connectivity index (χ2v) is 10.9. The minimum atomic E-state index is 0.0189. The predicted octanol–water partition coefficient (Wildman–Crippen LogP) is 8.17. The number of halogens is 2. The van der Waals surface area contributed by atoms with Gasteiger partial charge in [-0.1, -0.05) is 65.2 Å². The maximum Gasteiger partial charge on any atom is 0.174 e. The summed E-state index contributed by atoms with van der Waals surface area (Å²) >= 11 is 8.71. The fourth-order valence-corrected chi connectivity index (χ4v) is 5.77. The van der Waals surface area contributed by atoms with E-state index in [0.717, 1.165) is 33.5 Å². The summed E-state index contributed by atoms with van der Waals surface area (Å²) in [6.07, 6.45) is 0.0189. The first-order valence-corrected chi connectivity index (χ1v) is 13.8. The average Bonchev–Trinajstić information content (AvgIpc) is 3.34. The third-order valence-corrected chi connectivity index (χ3v) is 7.95. The molecule has 6 heteroatoms. The molecule has 1 aliphatic rings. The molecule has 0 aromatic heterocycles. The number of anilines is 2. The summed E-state index contributed by atoms with van der Waals surface area (Å²) in [4.78, 5) is 4.93. The van der Waals surface area contributed by atoms with Crippen molar-refractivity contribution in [2.24, 2.45) is 0 Å². The second-order valence-electron chi connectivity index (χ2n) is 9.35. The molecule has 0 aliphatic carbocycles. The van der Waals surface area contributed by atoms with E-state index in [-0.39, 0.29) is 6.17 Å². The Morgan fingerprint density at radius 1 is 0.838 bits per heavy atom. The molecule has 5 rings (SSSR count). The van der Waals surface area contributed by atoms with Crippen LogP contribution < -0.4 is 19.3 Å². The maximum atomic E-state index is 6.36. The van der Waals surface area contributed by atoms with Gasteiger partial charge in [0.15, 0.2) is 11.5 Å². The van der Waals surface area contributed by atoms with Crippen molar-refractivity contribution in [1.82, 2.24) is 0 Å². The molecule has 37 heavy (non-hydrogen) atoms. The molecule has 4 nitrogen and oxygen atoms in total. The van der Waals surface area contributed by atoms with Gasteiger partial charge in [0.25, 0.3) is 0 Å². The Kier molecular flexibility index (Phi) is 7.81. The molecule has 0 amide bonds. The molecule has 1 aliphatic heterocycles. The van der Waals surface area contributed by atoms with E-state index in [1.54, 1.807) is 7.11 Å². The zero-order valence-electron chi connectivity index (χ0n) is 21.2. The molecule has 0 saturated carbocycles. The van der Waals surface area contributed by atoms with Gasteiger partial charge in [0.1, 0.15) is 12.8 Å². The number of hydrogen-bond donors (Lipinski definition) is 0. The summed E-state index contributed by atoms with van der Waals surface area (Å²) in [5.41, 5.74) is 7.02. The van der Waals surface area contributed by atoms with Crippen LogP contribution in [0.5, 0.6) is 11.5 Å². The van der Waals surface area contributed by atoms with Crippen molar-refractivity contribution >= 4 is 45.6 Å². The monoisotopic (exact) mass is 624 g/mol. The predicted molar refractivity (Wildman–Crippen MR) is 161 cm³/mol. The van der Waals surface area contributed by atoms with E-state index in [4.69, 9.17) is 21.1 Å². The van der Waals surface area contributed by atoms with Crippen molar-refractivity contribution in [1.29, 1.82) is 0 Å². The van der Waals surface area contributed by atoms with Crippen LogP contribution in [0.2, 0.25) is 5.02 Å². The molecule has 4 aromatic rings. The lowest BCUT2D eigenvalue weighted by Gasteiger charge is -2.34. The molecule has 1 fully saturated rings. The Hall–Kier alpha value is -2.90. The van der Waals surface area contributed by atoms with Crippen LogP contribution in [0.4, 0.5) is 11.4 Å². The van der Waals surface area contributed by atoms with Crippen LogP contribution >= 0.6 is 34.2 Å². The highest BCUT2D eigenvalue weighted by atomic mass is 127. The van der Waals surface area contributed by atoms with Gasteiger partial charge >= 0.3 is 0 Å². The Morgan fingerprint density at radius 2 is 1.41 bits per heavy atom. The summed E-state index contributed by atoms with van der Waals surface area (Å²) in [7, 11) is 1.70. The van der Waals surface area contributed by atoms with Gasteiger partial charge in [0.05, 0.1) is 10.7 Å². The number of hydrogen-bond acceptors (Lipinski definition) is 4. The molecule has 4 aromatic carbocycles. The van der Waals surface area contributed by atoms with Crippen molar-refractivity contribution in [2.45, 2.75) is 26.6 Å². The molecule has 0 unspecified atom stereocenters.